The van der Waals surface area contributed by atoms with Gasteiger partial charge < -0.3 is 43.6 Å². The summed E-state index contributed by atoms with van der Waals surface area (Å²) in [5.74, 6) is -2.44. The summed E-state index contributed by atoms with van der Waals surface area (Å²) in [7, 11) is 0. The lowest BCUT2D eigenvalue weighted by Gasteiger charge is -2.40. The third kappa shape index (κ3) is 8.98. The van der Waals surface area contributed by atoms with E-state index in [4.69, 9.17) is 23.7 Å². The number of esters is 4. The molecule has 9 rings (SSSR count). The van der Waals surface area contributed by atoms with Gasteiger partial charge in [-0.15, -0.1) is 0 Å². The van der Waals surface area contributed by atoms with Crippen molar-refractivity contribution in [1.29, 1.82) is 0 Å². The highest BCUT2D eigenvalue weighted by molar-refractivity contribution is 5.86. The van der Waals surface area contributed by atoms with E-state index in [1.54, 1.807) is 0 Å². The van der Waals surface area contributed by atoms with Gasteiger partial charge in [-0.3, -0.25) is 19.2 Å². The van der Waals surface area contributed by atoms with Crippen LogP contribution in [-0.4, -0.2) is 75.0 Å². The molecule has 0 aliphatic carbocycles. The molecule has 1 unspecified atom stereocenters. The summed E-state index contributed by atoms with van der Waals surface area (Å²) in [6, 6.07) is 31.1. The maximum atomic E-state index is 13.8. The van der Waals surface area contributed by atoms with E-state index in [-0.39, 0.29) is 32.3 Å². The molecule has 4 aromatic carbocycles. The van der Waals surface area contributed by atoms with Gasteiger partial charge in [0, 0.05) is 94.1 Å². The number of ether oxygens (including phenoxy) is 5. The summed E-state index contributed by atoms with van der Waals surface area (Å²) in [6.07, 6.45) is 3.33. The maximum Gasteiger partial charge on any atom is 0.308 e. The number of benzene rings is 4. The smallest absolute Gasteiger partial charge is 0.308 e. The van der Waals surface area contributed by atoms with Gasteiger partial charge in [0.25, 0.3) is 0 Å². The largest absolute Gasteiger partial charge is 0.456 e. The number of fused-ring (bicyclic) bond motifs is 4. The second kappa shape index (κ2) is 18.2. The van der Waals surface area contributed by atoms with Crippen LogP contribution in [0.2, 0.25) is 0 Å². The van der Waals surface area contributed by atoms with Crippen molar-refractivity contribution in [1.82, 2.24) is 19.9 Å². The number of carbonyl (C=O) groups is 4. The van der Waals surface area contributed by atoms with Crippen LogP contribution in [0, 0.1) is 0 Å². The Hall–Kier alpha value is -7.12. The zero-order valence-corrected chi connectivity index (χ0v) is 33.9. The first-order chi connectivity index (χ1) is 30.4. The fourth-order valence-electron chi connectivity index (χ4n) is 8.35. The molecule has 4 aromatic heterocycles. The number of aryl methyl sites for hydroxylation is 4. The van der Waals surface area contributed by atoms with Gasteiger partial charge in [0.15, 0.2) is 12.2 Å². The summed E-state index contributed by atoms with van der Waals surface area (Å²) in [5, 5.41) is 3.95. The lowest BCUT2D eigenvalue weighted by molar-refractivity contribution is -0.275. The number of para-hydroxylation sites is 4. The van der Waals surface area contributed by atoms with Crippen LogP contribution in [0.25, 0.3) is 43.6 Å². The molecule has 8 aromatic rings. The molecule has 0 radical (unpaired) electrons. The number of hydrogen-bond acceptors (Lipinski definition) is 9. The summed E-state index contributed by atoms with van der Waals surface area (Å²) in [4.78, 5) is 67.6. The van der Waals surface area contributed by atoms with Crippen molar-refractivity contribution in [2.24, 2.45) is 0 Å². The number of aromatic amines is 4. The fraction of sp³-hybridized carbons (Fsp3) is 0.265. The summed E-state index contributed by atoms with van der Waals surface area (Å²) in [6.45, 7) is -0.289. The molecule has 13 nitrogen and oxygen atoms in total. The molecule has 1 aliphatic rings. The third-order valence-corrected chi connectivity index (χ3v) is 11.5. The van der Waals surface area contributed by atoms with Crippen molar-refractivity contribution >= 4 is 67.5 Å². The average Bonchev–Trinajstić information content (AvgIpc) is 4.10. The van der Waals surface area contributed by atoms with Gasteiger partial charge >= 0.3 is 23.9 Å². The monoisotopic (exact) mass is 834 g/mol. The summed E-state index contributed by atoms with van der Waals surface area (Å²) < 4.78 is 30.2. The first kappa shape index (κ1) is 40.3. The molecular formula is C49H46N4O9. The molecule has 0 saturated carbocycles. The summed E-state index contributed by atoms with van der Waals surface area (Å²) >= 11 is 0. The second-order valence-corrected chi connectivity index (χ2v) is 15.6. The Balaban J connectivity index is 0.946. The van der Waals surface area contributed by atoms with E-state index in [0.717, 1.165) is 65.9 Å². The number of carbonyl (C=O) groups excluding carboxylic acids is 4. The van der Waals surface area contributed by atoms with Crippen LogP contribution in [0.4, 0.5) is 0 Å². The molecule has 5 heterocycles. The quantitative estimate of drug-likeness (QED) is 0.0554. The lowest BCUT2D eigenvalue weighted by Crippen LogP contribution is -2.58. The molecule has 0 bridgehead atoms. The van der Waals surface area contributed by atoms with Gasteiger partial charge in [0.1, 0.15) is 0 Å². The van der Waals surface area contributed by atoms with Crippen molar-refractivity contribution in [3.8, 4) is 0 Å². The maximum absolute atomic E-state index is 13.8. The second-order valence-electron chi connectivity index (χ2n) is 15.6. The van der Waals surface area contributed by atoms with Crippen molar-refractivity contribution in [2.45, 2.75) is 76.0 Å². The molecule has 4 N–H and O–H groups in total. The fourth-order valence-corrected chi connectivity index (χ4v) is 8.35. The molecule has 0 spiro atoms. The van der Waals surface area contributed by atoms with E-state index in [0.29, 0.717) is 25.7 Å². The van der Waals surface area contributed by atoms with Gasteiger partial charge in [0.05, 0.1) is 6.61 Å². The Kier molecular flexibility index (Phi) is 11.9. The minimum atomic E-state index is -1.46. The van der Waals surface area contributed by atoms with Crippen molar-refractivity contribution in [2.75, 3.05) is 6.61 Å². The number of rotatable bonds is 16. The molecule has 316 valence electrons. The number of H-pyrrole nitrogens is 4. The van der Waals surface area contributed by atoms with Gasteiger partial charge in [-0.25, -0.2) is 0 Å². The Bertz CT molecular complexity index is 2670. The topological polar surface area (TPSA) is 178 Å². The Morgan fingerprint density at radius 2 is 0.758 bits per heavy atom. The zero-order valence-electron chi connectivity index (χ0n) is 33.9. The normalized spacial score (nSPS) is 17.7. The highest BCUT2D eigenvalue weighted by atomic mass is 16.7. The van der Waals surface area contributed by atoms with E-state index in [9.17, 15) is 19.2 Å². The average molecular weight is 835 g/mol. The Labute approximate surface area is 356 Å². The summed E-state index contributed by atoms with van der Waals surface area (Å²) in [5.41, 5.74) is 7.49. The van der Waals surface area contributed by atoms with Gasteiger partial charge in [-0.05, 0) is 72.2 Å². The van der Waals surface area contributed by atoms with Crippen molar-refractivity contribution in [3.05, 3.63) is 144 Å². The zero-order chi connectivity index (χ0) is 42.4. The van der Waals surface area contributed by atoms with E-state index < -0.39 is 48.5 Å². The Morgan fingerprint density at radius 1 is 0.435 bits per heavy atom. The first-order valence-electron chi connectivity index (χ1n) is 21.0. The molecule has 0 amide bonds. The van der Waals surface area contributed by atoms with E-state index in [1.165, 1.54) is 0 Å². The molecule has 1 fully saturated rings. The van der Waals surface area contributed by atoms with Crippen LogP contribution in [0.15, 0.2) is 122 Å². The number of aromatic nitrogens is 4. The number of hydrogen-bond donors (Lipinski definition) is 4. The third-order valence-electron chi connectivity index (χ3n) is 11.5. The predicted octanol–water partition coefficient (Wildman–Crippen LogP) is 8.08. The van der Waals surface area contributed by atoms with Crippen LogP contribution in [-0.2, 0) is 68.5 Å². The van der Waals surface area contributed by atoms with E-state index in [1.807, 2.05) is 122 Å². The van der Waals surface area contributed by atoms with Crippen LogP contribution < -0.4 is 0 Å². The van der Waals surface area contributed by atoms with Crippen molar-refractivity contribution in [3.63, 3.8) is 0 Å². The van der Waals surface area contributed by atoms with Crippen LogP contribution in [0.1, 0.15) is 47.9 Å². The first-order valence-corrected chi connectivity index (χ1v) is 21.0. The highest BCUT2D eigenvalue weighted by Crippen LogP contribution is 2.29. The number of nitrogens with one attached hydrogen (secondary N) is 4. The highest BCUT2D eigenvalue weighted by Gasteiger charge is 2.49. The van der Waals surface area contributed by atoms with Crippen LogP contribution in [0.3, 0.4) is 0 Å². The van der Waals surface area contributed by atoms with Gasteiger partial charge in [-0.2, -0.15) is 0 Å². The lowest BCUT2D eigenvalue weighted by atomic mass is 10.0. The molecule has 4 atom stereocenters. The predicted molar refractivity (Wildman–Crippen MR) is 232 cm³/mol. The molecule has 13 heteroatoms. The van der Waals surface area contributed by atoms with Crippen LogP contribution in [0.5, 0.6) is 0 Å². The van der Waals surface area contributed by atoms with Gasteiger partial charge in [-0.1, -0.05) is 72.8 Å². The molecule has 1 aliphatic heterocycles. The minimum Gasteiger partial charge on any atom is -0.456 e. The molecule has 1 saturated heterocycles. The standard InChI is InChI=1S/C49H46N4O9/c54-43(21-17-30-25-50-38-13-5-1-9-34(30)38)59-42-29-58-49(62-46(57)24-20-33-28-53-41-16-8-4-12-37(33)41)48(61-45(56)23-19-32-27-52-40-15-7-3-11-36(32)40)47(42)60-44(55)22-18-31-26-51-39-14-6-2-10-35(31)39/h1-16,25-28,42,47-53H,17-24,29H2/t42-,47-,48+,49?/m0/s1. The van der Waals surface area contributed by atoms with E-state index >= 15 is 0 Å². The molecule has 62 heavy (non-hydrogen) atoms. The van der Waals surface area contributed by atoms with Crippen molar-refractivity contribution < 1.29 is 42.9 Å². The van der Waals surface area contributed by atoms with Crippen LogP contribution >= 0.6 is 0 Å². The minimum absolute atomic E-state index is 0.00966. The Morgan fingerprint density at radius 3 is 1.15 bits per heavy atom. The SMILES string of the molecule is O=C(CCc1c[nH]c2ccccc12)OC1OC[C@H](OC(=O)CCc2c[nH]c3ccccc23)[C@H](OC(=O)CCc2c[nH]c3ccccc23)[C@H]1OC(=O)CCc1c[nH]c2ccccc12. The van der Waals surface area contributed by atoms with E-state index in [2.05, 4.69) is 19.9 Å². The van der Waals surface area contributed by atoms with Gasteiger partial charge in [0.2, 0.25) is 12.4 Å². The molecular weight excluding hydrogens is 789 g/mol.